The predicted octanol–water partition coefficient (Wildman–Crippen LogP) is 6.59. The SMILES string of the molecule is Cc1[nH]c(Cc2c(Cl)ccc(Cl)c2Cl)nc1-c1ccc(Cl)cc1. The van der Waals surface area contributed by atoms with Crippen molar-refractivity contribution in [3.8, 4) is 11.3 Å². The Hall–Kier alpha value is -1.19. The van der Waals surface area contributed by atoms with Crippen molar-refractivity contribution in [3.05, 3.63) is 73.6 Å². The fourth-order valence-corrected chi connectivity index (χ4v) is 3.20. The topological polar surface area (TPSA) is 28.7 Å². The Morgan fingerprint density at radius 3 is 2.26 bits per heavy atom. The van der Waals surface area contributed by atoms with Gasteiger partial charge in [-0.05, 0) is 36.8 Å². The molecule has 0 aliphatic heterocycles. The van der Waals surface area contributed by atoms with E-state index in [1.54, 1.807) is 12.1 Å². The smallest absolute Gasteiger partial charge is 0.111 e. The second kappa shape index (κ2) is 6.74. The Bertz CT molecular complexity index is 854. The van der Waals surface area contributed by atoms with E-state index >= 15 is 0 Å². The molecule has 0 radical (unpaired) electrons. The Labute approximate surface area is 154 Å². The maximum atomic E-state index is 6.26. The Morgan fingerprint density at radius 1 is 0.913 bits per heavy atom. The molecule has 0 aliphatic carbocycles. The van der Waals surface area contributed by atoms with Crippen LogP contribution < -0.4 is 0 Å². The van der Waals surface area contributed by atoms with E-state index in [1.165, 1.54) is 0 Å². The zero-order valence-corrected chi connectivity index (χ0v) is 15.2. The van der Waals surface area contributed by atoms with Crippen molar-refractivity contribution in [2.45, 2.75) is 13.3 Å². The van der Waals surface area contributed by atoms with Crippen molar-refractivity contribution < 1.29 is 0 Å². The van der Waals surface area contributed by atoms with Gasteiger partial charge in [-0.25, -0.2) is 4.98 Å². The average Bonchev–Trinajstić information content (AvgIpc) is 2.89. The minimum Gasteiger partial charge on any atom is -0.345 e. The van der Waals surface area contributed by atoms with Crippen molar-refractivity contribution in [1.29, 1.82) is 0 Å². The van der Waals surface area contributed by atoms with Crippen molar-refractivity contribution >= 4 is 46.4 Å². The molecule has 1 heterocycles. The molecule has 0 spiro atoms. The molecule has 0 saturated carbocycles. The van der Waals surface area contributed by atoms with Crippen LogP contribution in [0.1, 0.15) is 17.1 Å². The lowest BCUT2D eigenvalue weighted by Crippen LogP contribution is -1.94. The molecule has 0 fully saturated rings. The molecule has 1 aromatic heterocycles. The van der Waals surface area contributed by atoms with E-state index in [-0.39, 0.29) is 0 Å². The van der Waals surface area contributed by atoms with Gasteiger partial charge in [0.2, 0.25) is 0 Å². The third-order valence-corrected chi connectivity index (χ3v) is 4.98. The summed E-state index contributed by atoms with van der Waals surface area (Å²) in [6.45, 7) is 1.97. The monoisotopic (exact) mass is 384 g/mol. The average molecular weight is 386 g/mol. The van der Waals surface area contributed by atoms with Crippen molar-refractivity contribution in [3.63, 3.8) is 0 Å². The number of aromatic nitrogens is 2. The Kier molecular flexibility index (Phi) is 4.88. The molecule has 2 nitrogen and oxygen atoms in total. The summed E-state index contributed by atoms with van der Waals surface area (Å²) in [5, 5.41) is 2.20. The second-order valence-corrected chi connectivity index (χ2v) is 6.79. The van der Waals surface area contributed by atoms with Gasteiger partial charge in [-0.1, -0.05) is 58.5 Å². The first-order valence-corrected chi connectivity index (χ1v) is 8.40. The Balaban J connectivity index is 1.96. The van der Waals surface area contributed by atoms with Crippen molar-refractivity contribution in [2.75, 3.05) is 0 Å². The van der Waals surface area contributed by atoms with Gasteiger partial charge in [0, 0.05) is 27.7 Å². The van der Waals surface area contributed by atoms with Crippen LogP contribution in [0.3, 0.4) is 0 Å². The molecule has 2 aromatic carbocycles. The summed E-state index contributed by atoms with van der Waals surface area (Å²) in [5.41, 5.74) is 3.61. The highest BCUT2D eigenvalue weighted by Crippen LogP contribution is 2.33. The van der Waals surface area contributed by atoms with Crippen LogP contribution in [0.25, 0.3) is 11.3 Å². The summed E-state index contributed by atoms with van der Waals surface area (Å²) >= 11 is 24.5. The second-order valence-electron chi connectivity index (χ2n) is 5.16. The summed E-state index contributed by atoms with van der Waals surface area (Å²) in [6.07, 6.45) is 0.479. The molecule has 0 bridgehead atoms. The van der Waals surface area contributed by atoms with Crippen LogP contribution in [0, 0.1) is 6.92 Å². The van der Waals surface area contributed by atoms with E-state index in [9.17, 15) is 0 Å². The van der Waals surface area contributed by atoms with Gasteiger partial charge in [0.15, 0.2) is 0 Å². The lowest BCUT2D eigenvalue weighted by Gasteiger charge is -2.06. The van der Waals surface area contributed by atoms with Crippen LogP contribution in [0.4, 0.5) is 0 Å². The molecule has 6 heteroatoms. The number of halogens is 4. The summed E-state index contributed by atoms with van der Waals surface area (Å²) in [6, 6.07) is 11.0. The number of benzene rings is 2. The predicted molar refractivity (Wildman–Crippen MR) is 98.0 cm³/mol. The van der Waals surface area contributed by atoms with Gasteiger partial charge in [0.05, 0.1) is 15.7 Å². The number of hydrogen-bond acceptors (Lipinski definition) is 1. The maximum absolute atomic E-state index is 6.26. The molecular formula is C17H12Cl4N2. The molecule has 3 rings (SSSR count). The molecular weight excluding hydrogens is 374 g/mol. The molecule has 3 aromatic rings. The largest absolute Gasteiger partial charge is 0.345 e. The molecule has 23 heavy (non-hydrogen) atoms. The number of nitrogens with zero attached hydrogens (tertiary/aromatic N) is 1. The molecule has 0 saturated heterocycles. The molecule has 1 N–H and O–H groups in total. The van der Waals surface area contributed by atoms with Gasteiger partial charge in [-0.3, -0.25) is 0 Å². The third-order valence-electron chi connectivity index (χ3n) is 3.53. The van der Waals surface area contributed by atoms with Gasteiger partial charge < -0.3 is 4.98 Å². The van der Waals surface area contributed by atoms with Crippen LogP contribution in [-0.2, 0) is 6.42 Å². The van der Waals surface area contributed by atoms with E-state index in [1.807, 2.05) is 31.2 Å². The van der Waals surface area contributed by atoms with Gasteiger partial charge in [-0.2, -0.15) is 0 Å². The summed E-state index contributed by atoms with van der Waals surface area (Å²) in [4.78, 5) is 7.93. The van der Waals surface area contributed by atoms with Gasteiger partial charge in [-0.15, -0.1) is 0 Å². The highest BCUT2D eigenvalue weighted by Gasteiger charge is 2.14. The highest BCUT2D eigenvalue weighted by atomic mass is 35.5. The first-order valence-electron chi connectivity index (χ1n) is 6.89. The lowest BCUT2D eigenvalue weighted by atomic mass is 10.1. The molecule has 0 amide bonds. The number of imidazole rings is 1. The van der Waals surface area contributed by atoms with E-state index < -0.39 is 0 Å². The van der Waals surface area contributed by atoms with E-state index in [0.717, 1.165) is 28.3 Å². The van der Waals surface area contributed by atoms with Crippen LogP contribution in [0.2, 0.25) is 20.1 Å². The first-order chi connectivity index (χ1) is 11.0. The van der Waals surface area contributed by atoms with Crippen molar-refractivity contribution in [1.82, 2.24) is 9.97 Å². The molecule has 0 atom stereocenters. The summed E-state index contributed by atoms with van der Waals surface area (Å²) in [7, 11) is 0. The van der Waals surface area contributed by atoms with Gasteiger partial charge in [0.1, 0.15) is 5.82 Å². The number of aromatic amines is 1. The third kappa shape index (κ3) is 3.51. The summed E-state index contributed by atoms with van der Waals surface area (Å²) in [5.74, 6) is 0.776. The van der Waals surface area contributed by atoms with Crippen LogP contribution >= 0.6 is 46.4 Å². The normalized spacial score (nSPS) is 11.0. The van der Waals surface area contributed by atoms with Crippen molar-refractivity contribution in [2.24, 2.45) is 0 Å². The van der Waals surface area contributed by atoms with Crippen LogP contribution in [-0.4, -0.2) is 9.97 Å². The zero-order chi connectivity index (χ0) is 16.6. The Morgan fingerprint density at radius 2 is 1.57 bits per heavy atom. The molecule has 118 valence electrons. The maximum Gasteiger partial charge on any atom is 0.111 e. The minimum atomic E-state index is 0.460. The fraction of sp³-hybridized carbons (Fsp3) is 0.118. The highest BCUT2D eigenvalue weighted by molar-refractivity contribution is 6.44. The van der Waals surface area contributed by atoms with Gasteiger partial charge >= 0.3 is 0 Å². The van der Waals surface area contributed by atoms with Crippen LogP contribution in [0.5, 0.6) is 0 Å². The van der Waals surface area contributed by atoms with E-state index in [2.05, 4.69) is 9.97 Å². The van der Waals surface area contributed by atoms with Crippen LogP contribution in [0.15, 0.2) is 36.4 Å². The first kappa shape index (κ1) is 16.7. The number of hydrogen-bond donors (Lipinski definition) is 1. The number of aryl methyl sites for hydroxylation is 1. The number of H-pyrrole nitrogens is 1. The quantitative estimate of drug-likeness (QED) is 0.506. The van der Waals surface area contributed by atoms with Gasteiger partial charge in [0.25, 0.3) is 0 Å². The number of rotatable bonds is 3. The summed E-state index contributed by atoms with van der Waals surface area (Å²) < 4.78 is 0. The standard InChI is InChI=1S/C17H12Cl4N2/c1-9-17(10-2-4-11(18)5-3-10)23-15(22-9)8-12-13(19)6-7-14(20)16(12)21/h2-7H,8H2,1H3,(H,22,23). The molecule has 0 aliphatic rings. The zero-order valence-electron chi connectivity index (χ0n) is 12.1. The van der Waals surface area contributed by atoms with E-state index in [4.69, 9.17) is 46.4 Å². The van der Waals surface area contributed by atoms with E-state index in [0.29, 0.717) is 26.5 Å². The fourth-order valence-electron chi connectivity index (χ4n) is 2.39. The molecule has 0 unspecified atom stereocenters. The minimum absolute atomic E-state index is 0.460. The number of nitrogens with one attached hydrogen (secondary N) is 1. The lowest BCUT2D eigenvalue weighted by molar-refractivity contribution is 1.02.